The number of benzene rings is 2. The average molecular weight is 373 g/mol. The quantitative estimate of drug-likeness (QED) is 0.529. The van der Waals surface area contributed by atoms with Crippen molar-refractivity contribution in [2.75, 3.05) is 24.3 Å². The second kappa shape index (κ2) is 7.21. The van der Waals surface area contributed by atoms with Gasteiger partial charge in [0.2, 0.25) is 0 Å². The number of hydrogen-bond acceptors (Lipinski definition) is 4. The Morgan fingerprint density at radius 3 is 2.48 bits per heavy atom. The fraction of sp³-hybridized carbons (Fsp3) is 0.0909. The highest BCUT2D eigenvalue weighted by Gasteiger charge is 2.14. The molecular formula is C22H19N3OS. The van der Waals surface area contributed by atoms with Gasteiger partial charge in [-0.1, -0.05) is 24.3 Å². The molecule has 0 unspecified atom stereocenters. The van der Waals surface area contributed by atoms with Crippen LogP contribution in [-0.4, -0.2) is 25.0 Å². The Morgan fingerprint density at radius 2 is 1.78 bits per heavy atom. The van der Waals surface area contributed by atoms with Crippen molar-refractivity contribution in [3.05, 3.63) is 77.7 Å². The van der Waals surface area contributed by atoms with Gasteiger partial charge in [-0.15, -0.1) is 11.3 Å². The average Bonchev–Trinajstić information content (AvgIpc) is 3.22. The zero-order chi connectivity index (χ0) is 18.8. The minimum absolute atomic E-state index is 0.135. The molecule has 134 valence electrons. The zero-order valence-corrected chi connectivity index (χ0v) is 16.0. The Kier molecular flexibility index (Phi) is 4.60. The summed E-state index contributed by atoms with van der Waals surface area (Å²) < 4.78 is 0. The largest absolute Gasteiger partial charge is 0.378 e. The SMILES string of the molecule is CN(C)c1ccc(NC(=O)c2cc(-c3cccs3)nc3ccccc23)cc1. The van der Waals surface area contributed by atoms with Crippen molar-refractivity contribution in [2.45, 2.75) is 0 Å². The lowest BCUT2D eigenvalue weighted by atomic mass is 10.1. The summed E-state index contributed by atoms with van der Waals surface area (Å²) in [7, 11) is 3.98. The van der Waals surface area contributed by atoms with Crippen LogP contribution >= 0.6 is 11.3 Å². The van der Waals surface area contributed by atoms with E-state index in [0.717, 1.165) is 32.8 Å². The third-order valence-electron chi connectivity index (χ3n) is 4.38. The van der Waals surface area contributed by atoms with Crippen LogP contribution in [0.1, 0.15) is 10.4 Å². The maximum absolute atomic E-state index is 13.0. The number of para-hydroxylation sites is 1. The van der Waals surface area contributed by atoms with Gasteiger partial charge in [0.05, 0.1) is 21.7 Å². The van der Waals surface area contributed by atoms with E-state index in [-0.39, 0.29) is 5.91 Å². The third kappa shape index (κ3) is 3.55. The van der Waals surface area contributed by atoms with E-state index in [9.17, 15) is 4.79 Å². The Balaban J connectivity index is 1.72. The monoisotopic (exact) mass is 373 g/mol. The summed E-state index contributed by atoms with van der Waals surface area (Å²) in [6, 6.07) is 21.4. The fourth-order valence-electron chi connectivity index (χ4n) is 2.96. The van der Waals surface area contributed by atoms with Crippen LogP contribution in [0, 0.1) is 0 Å². The summed E-state index contributed by atoms with van der Waals surface area (Å²) in [5.41, 5.74) is 4.11. The predicted molar refractivity (Wildman–Crippen MR) is 114 cm³/mol. The first-order valence-electron chi connectivity index (χ1n) is 8.64. The maximum atomic E-state index is 13.0. The molecular weight excluding hydrogens is 354 g/mol. The summed E-state index contributed by atoms with van der Waals surface area (Å²) in [5, 5.41) is 5.87. The van der Waals surface area contributed by atoms with Gasteiger partial charge in [-0.3, -0.25) is 4.79 Å². The summed E-state index contributed by atoms with van der Waals surface area (Å²) in [6.45, 7) is 0. The highest BCUT2D eigenvalue weighted by Crippen LogP contribution is 2.28. The van der Waals surface area contributed by atoms with E-state index >= 15 is 0 Å². The number of nitrogens with one attached hydrogen (secondary N) is 1. The van der Waals surface area contributed by atoms with E-state index in [0.29, 0.717) is 5.56 Å². The molecule has 0 aliphatic carbocycles. The molecule has 0 atom stereocenters. The van der Waals surface area contributed by atoms with Crippen molar-refractivity contribution in [1.82, 2.24) is 4.98 Å². The molecule has 0 saturated heterocycles. The van der Waals surface area contributed by atoms with E-state index in [1.54, 1.807) is 11.3 Å². The Morgan fingerprint density at radius 1 is 1.00 bits per heavy atom. The number of carbonyl (C=O) groups excluding carboxylic acids is 1. The van der Waals surface area contributed by atoms with Gasteiger partial charge in [-0.2, -0.15) is 0 Å². The van der Waals surface area contributed by atoms with Crippen molar-refractivity contribution < 1.29 is 4.79 Å². The number of aromatic nitrogens is 1. The molecule has 0 aliphatic rings. The van der Waals surface area contributed by atoms with E-state index in [1.165, 1.54) is 0 Å². The molecule has 0 bridgehead atoms. The van der Waals surface area contributed by atoms with Crippen LogP contribution in [0.3, 0.4) is 0 Å². The van der Waals surface area contributed by atoms with Gasteiger partial charge in [0.25, 0.3) is 5.91 Å². The van der Waals surface area contributed by atoms with Crippen LogP contribution in [0.5, 0.6) is 0 Å². The summed E-state index contributed by atoms with van der Waals surface area (Å²) in [5.74, 6) is -0.135. The van der Waals surface area contributed by atoms with E-state index in [4.69, 9.17) is 4.98 Å². The number of fused-ring (bicyclic) bond motifs is 1. The molecule has 4 nitrogen and oxygen atoms in total. The molecule has 27 heavy (non-hydrogen) atoms. The van der Waals surface area contributed by atoms with E-state index in [1.807, 2.05) is 91.1 Å². The molecule has 2 heterocycles. The van der Waals surface area contributed by atoms with E-state index in [2.05, 4.69) is 5.32 Å². The number of nitrogens with zero attached hydrogens (tertiary/aromatic N) is 2. The number of pyridine rings is 1. The third-order valence-corrected chi connectivity index (χ3v) is 5.27. The highest BCUT2D eigenvalue weighted by atomic mass is 32.1. The first-order chi connectivity index (χ1) is 13.1. The van der Waals surface area contributed by atoms with Gasteiger partial charge in [-0.25, -0.2) is 4.98 Å². The molecule has 2 aromatic carbocycles. The van der Waals surface area contributed by atoms with Gasteiger partial charge in [0, 0.05) is 30.9 Å². The Bertz CT molecular complexity index is 1090. The normalized spacial score (nSPS) is 10.7. The second-order valence-electron chi connectivity index (χ2n) is 6.44. The van der Waals surface area contributed by atoms with Gasteiger partial charge in [-0.05, 0) is 47.8 Å². The second-order valence-corrected chi connectivity index (χ2v) is 7.39. The Labute approximate surface area is 162 Å². The Hall–Kier alpha value is -3.18. The first kappa shape index (κ1) is 17.2. The lowest BCUT2D eigenvalue weighted by molar-refractivity contribution is 0.102. The van der Waals surface area contributed by atoms with E-state index < -0.39 is 0 Å². The molecule has 0 fully saturated rings. The summed E-state index contributed by atoms with van der Waals surface area (Å²) in [4.78, 5) is 20.8. The first-order valence-corrected chi connectivity index (χ1v) is 9.52. The lowest BCUT2D eigenvalue weighted by Crippen LogP contribution is -2.13. The van der Waals surface area contributed by atoms with Crippen molar-refractivity contribution >= 4 is 39.5 Å². The molecule has 4 aromatic rings. The standard InChI is InChI=1S/C22H19N3OS/c1-25(2)16-11-9-15(10-12-16)23-22(26)18-14-20(21-8-5-13-27-21)24-19-7-4-3-6-17(18)19/h3-14H,1-2H3,(H,23,26). The van der Waals surface area contributed by atoms with Crippen LogP contribution in [0.2, 0.25) is 0 Å². The summed E-state index contributed by atoms with van der Waals surface area (Å²) in [6.07, 6.45) is 0. The minimum atomic E-state index is -0.135. The molecule has 1 amide bonds. The van der Waals surface area contributed by atoms with Gasteiger partial charge in [0.15, 0.2) is 0 Å². The summed E-state index contributed by atoms with van der Waals surface area (Å²) >= 11 is 1.61. The maximum Gasteiger partial charge on any atom is 0.256 e. The molecule has 2 aromatic heterocycles. The minimum Gasteiger partial charge on any atom is -0.378 e. The topological polar surface area (TPSA) is 45.2 Å². The van der Waals surface area contributed by atoms with Crippen molar-refractivity contribution in [2.24, 2.45) is 0 Å². The van der Waals surface area contributed by atoms with Crippen molar-refractivity contribution in [3.8, 4) is 10.6 Å². The molecule has 4 rings (SSSR count). The highest BCUT2D eigenvalue weighted by molar-refractivity contribution is 7.13. The van der Waals surface area contributed by atoms with Crippen LogP contribution in [0.25, 0.3) is 21.5 Å². The molecule has 0 radical (unpaired) electrons. The van der Waals surface area contributed by atoms with Crippen LogP contribution < -0.4 is 10.2 Å². The van der Waals surface area contributed by atoms with Crippen LogP contribution in [0.15, 0.2) is 72.1 Å². The molecule has 5 heteroatoms. The molecule has 1 N–H and O–H groups in total. The lowest BCUT2D eigenvalue weighted by Gasteiger charge is -2.13. The number of thiophene rings is 1. The fourth-order valence-corrected chi connectivity index (χ4v) is 3.64. The predicted octanol–water partition coefficient (Wildman–Crippen LogP) is 5.28. The van der Waals surface area contributed by atoms with Crippen LogP contribution in [-0.2, 0) is 0 Å². The van der Waals surface area contributed by atoms with Gasteiger partial charge < -0.3 is 10.2 Å². The number of hydrogen-bond donors (Lipinski definition) is 1. The smallest absolute Gasteiger partial charge is 0.256 e. The molecule has 0 spiro atoms. The van der Waals surface area contributed by atoms with Crippen LogP contribution in [0.4, 0.5) is 11.4 Å². The number of anilines is 2. The van der Waals surface area contributed by atoms with Crippen molar-refractivity contribution in [3.63, 3.8) is 0 Å². The molecule has 0 aliphatic heterocycles. The zero-order valence-electron chi connectivity index (χ0n) is 15.1. The van der Waals surface area contributed by atoms with Crippen molar-refractivity contribution in [1.29, 1.82) is 0 Å². The number of carbonyl (C=O) groups is 1. The molecule has 0 saturated carbocycles. The van der Waals surface area contributed by atoms with Gasteiger partial charge in [0.1, 0.15) is 0 Å². The number of amides is 1. The van der Waals surface area contributed by atoms with Gasteiger partial charge >= 0.3 is 0 Å². The number of rotatable bonds is 4.